The lowest BCUT2D eigenvalue weighted by Crippen LogP contribution is -2.55. The molecule has 2 aromatic rings. The summed E-state index contributed by atoms with van der Waals surface area (Å²) in [7, 11) is 0. The zero-order valence-electron chi connectivity index (χ0n) is 16.7. The Balaban J connectivity index is 2.10. The highest BCUT2D eigenvalue weighted by Crippen LogP contribution is 2.19. The first-order valence-electron chi connectivity index (χ1n) is 9.52. The lowest BCUT2D eigenvalue weighted by atomic mass is 10.0. The topological polar surface area (TPSA) is 191 Å². The zero-order chi connectivity index (χ0) is 22.1. The van der Waals surface area contributed by atoms with E-state index in [4.69, 9.17) is 17.0 Å². The van der Waals surface area contributed by atoms with Crippen LogP contribution in [-0.2, 0) is 20.8 Å². The first-order chi connectivity index (χ1) is 14.3. The maximum atomic E-state index is 12.9. The molecule has 10 N–H and O–H groups in total. The van der Waals surface area contributed by atoms with Crippen LogP contribution in [-0.4, -0.2) is 47.3 Å². The molecule has 2 atom stereocenters. The summed E-state index contributed by atoms with van der Waals surface area (Å²) in [6.45, 7) is 1.69. The number of fused-ring (bicyclic) bond motifs is 1. The van der Waals surface area contributed by atoms with E-state index >= 15 is 0 Å². The van der Waals surface area contributed by atoms with Gasteiger partial charge in [-0.15, -0.1) is 0 Å². The van der Waals surface area contributed by atoms with E-state index in [1.165, 1.54) is 6.92 Å². The summed E-state index contributed by atoms with van der Waals surface area (Å²) in [5.41, 5.74) is 9.05. The van der Waals surface area contributed by atoms with Gasteiger partial charge in [-0.1, -0.05) is 18.2 Å². The van der Waals surface area contributed by atoms with Crippen molar-refractivity contribution >= 4 is 34.6 Å². The van der Waals surface area contributed by atoms with Crippen molar-refractivity contribution in [3.8, 4) is 0 Å². The largest absolute Gasteiger partial charge is 0.370 e. The highest BCUT2D eigenvalue weighted by atomic mass is 16.2. The minimum atomic E-state index is -0.893. The van der Waals surface area contributed by atoms with Crippen LogP contribution in [0, 0.1) is 5.41 Å². The Morgan fingerprint density at radius 1 is 1.13 bits per heavy atom. The number of nitrogens with two attached hydrogens (primary N) is 2. The molecular weight excluding hydrogens is 388 g/mol. The van der Waals surface area contributed by atoms with Crippen LogP contribution >= 0.6 is 0 Å². The summed E-state index contributed by atoms with van der Waals surface area (Å²) in [4.78, 5) is 39.8. The predicted molar refractivity (Wildman–Crippen MR) is 113 cm³/mol. The van der Waals surface area contributed by atoms with Crippen molar-refractivity contribution in [2.75, 3.05) is 6.54 Å². The fourth-order valence-electron chi connectivity index (χ4n) is 3.15. The van der Waals surface area contributed by atoms with E-state index in [0.717, 1.165) is 16.5 Å². The van der Waals surface area contributed by atoms with Gasteiger partial charge in [0.05, 0.1) is 0 Å². The minimum Gasteiger partial charge on any atom is -0.370 e. The van der Waals surface area contributed by atoms with E-state index in [-0.39, 0.29) is 24.7 Å². The first-order valence-corrected chi connectivity index (χ1v) is 9.52. The van der Waals surface area contributed by atoms with Gasteiger partial charge in [-0.05, 0) is 24.5 Å². The predicted octanol–water partition coefficient (Wildman–Crippen LogP) is -1.05. The van der Waals surface area contributed by atoms with Gasteiger partial charge in [-0.2, -0.15) is 0 Å². The van der Waals surface area contributed by atoms with E-state index in [2.05, 4.69) is 20.9 Å². The second kappa shape index (κ2) is 10.8. The van der Waals surface area contributed by atoms with Crippen molar-refractivity contribution in [3.63, 3.8) is 0 Å². The summed E-state index contributed by atoms with van der Waals surface area (Å²) < 4.78 is 0. The fraction of sp³-hybridized carbons (Fsp3) is 0.368. The van der Waals surface area contributed by atoms with E-state index in [1.807, 2.05) is 29.7 Å². The van der Waals surface area contributed by atoms with Crippen LogP contribution in [0.2, 0.25) is 0 Å². The molecule has 11 nitrogen and oxygen atoms in total. The Labute approximate surface area is 173 Å². The molecule has 0 fully saturated rings. The lowest BCUT2D eigenvalue weighted by Gasteiger charge is -2.22. The van der Waals surface area contributed by atoms with E-state index in [0.29, 0.717) is 13.0 Å². The number of carbonyl (C=O) groups excluding carboxylic acids is 3. The summed E-state index contributed by atoms with van der Waals surface area (Å²) in [5, 5.41) is 16.0. The number of hydrogen-bond donors (Lipinski definition) is 8. The van der Waals surface area contributed by atoms with E-state index in [9.17, 15) is 14.4 Å². The summed E-state index contributed by atoms with van der Waals surface area (Å²) in [6, 6.07) is 5.88. The third-order valence-electron chi connectivity index (χ3n) is 4.55. The van der Waals surface area contributed by atoms with Crippen LogP contribution in [0.1, 0.15) is 25.3 Å². The smallest absolute Gasteiger partial charge is 0.256 e. The summed E-state index contributed by atoms with van der Waals surface area (Å²) in [5.74, 6) is 3.64. The van der Waals surface area contributed by atoms with Crippen LogP contribution in [0.5, 0.6) is 0 Å². The zero-order valence-corrected chi connectivity index (χ0v) is 16.7. The number of hydrogen-bond acceptors (Lipinski definition) is 5. The Morgan fingerprint density at radius 3 is 2.53 bits per heavy atom. The summed E-state index contributed by atoms with van der Waals surface area (Å²) >= 11 is 0. The van der Waals surface area contributed by atoms with Crippen LogP contribution in [0.4, 0.5) is 0 Å². The van der Waals surface area contributed by atoms with Crippen molar-refractivity contribution in [1.82, 2.24) is 26.4 Å². The molecule has 0 saturated heterocycles. The number of rotatable bonds is 10. The second-order valence-corrected chi connectivity index (χ2v) is 6.87. The number of hydrazine groups is 1. The van der Waals surface area contributed by atoms with Gasteiger partial charge >= 0.3 is 0 Å². The van der Waals surface area contributed by atoms with Gasteiger partial charge in [0, 0.05) is 37.0 Å². The SMILES string of the molecule is CC(=O)NC(Cc1c[nH]c2ccccc12)C(=O)NC(CCCNC(=N)N)C(=O)NN. The number of guanidine groups is 1. The molecule has 0 radical (unpaired) electrons. The quantitative estimate of drug-likeness (QED) is 0.0608. The third-order valence-corrected chi connectivity index (χ3v) is 4.55. The molecule has 3 amide bonds. The Hall–Kier alpha value is -3.60. The normalized spacial score (nSPS) is 12.6. The fourth-order valence-corrected chi connectivity index (χ4v) is 3.15. The number of aromatic amines is 1. The van der Waals surface area contributed by atoms with Gasteiger partial charge in [-0.25, -0.2) is 5.84 Å². The van der Waals surface area contributed by atoms with Crippen LogP contribution < -0.4 is 33.0 Å². The molecule has 0 saturated carbocycles. The molecule has 0 aliphatic carbocycles. The van der Waals surface area contributed by atoms with Crippen molar-refractivity contribution in [2.24, 2.45) is 11.6 Å². The van der Waals surface area contributed by atoms with Gasteiger partial charge in [0.1, 0.15) is 12.1 Å². The average Bonchev–Trinajstić information content (AvgIpc) is 3.11. The molecule has 2 rings (SSSR count). The number of benzene rings is 1. The molecule has 0 bridgehead atoms. The van der Waals surface area contributed by atoms with Gasteiger partial charge in [0.15, 0.2) is 5.96 Å². The molecule has 0 aliphatic heterocycles. The number of nitrogens with one attached hydrogen (secondary N) is 6. The van der Waals surface area contributed by atoms with Crippen LogP contribution in [0.15, 0.2) is 30.5 Å². The lowest BCUT2D eigenvalue weighted by molar-refractivity contribution is -0.131. The molecule has 162 valence electrons. The van der Waals surface area contributed by atoms with E-state index in [1.54, 1.807) is 6.20 Å². The van der Waals surface area contributed by atoms with Gasteiger partial charge in [-0.3, -0.25) is 25.2 Å². The second-order valence-electron chi connectivity index (χ2n) is 6.87. The monoisotopic (exact) mass is 416 g/mol. The maximum absolute atomic E-state index is 12.9. The van der Waals surface area contributed by atoms with Gasteiger partial charge in [0.25, 0.3) is 5.91 Å². The number of amides is 3. The van der Waals surface area contributed by atoms with Crippen LogP contribution in [0.25, 0.3) is 10.9 Å². The molecule has 1 heterocycles. The molecule has 1 aromatic heterocycles. The minimum absolute atomic E-state index is 0.177. The maximum Gasteiger partial charge on any atom is 0.256 e. The molecular formula is C19H28N8O3. The van der Waals surface area contributed by atoms with Crippen molar-refractivity contribution in [2.45, 2.75) is 38.3 Å². The third kappa shape index (κ3) is 6.48. The van der Waals surface area contributed by atoms with Gasteiger partial charge < -0.3 is 26.7 Å². The highest BCUT2D eigenvalue weighted by Gasteiger charge is 2.26. The molecule has 1 aromatic carbocycles. The molecule has 0 aliphatic rings. The Bertz CT molecular complexity index is 910. The number of H-pyrrole nitrogens is 1. The van der Waals surface area contributed by atoms with Crippen LogP contribution in [0.3, 0.4) is 0 Å². The van der Waals surface area contributed by atoms with Gasteiger partial charge in [0.2, 0.25) is 11.8 Å². The van der Waals surface area contributed by atoms with Crippen molar-refractivity contribution in [1.29, 1.82) is 5.41 Å². The molecule has 2 unspecified atom stereocenters. The number of carbonyl (C=O) groups is 3. The Morgan fingerprint density at radius 2 is 1.87 bits per heavy atom. The number of para-hydroxylation sites is 1. The number of aromatic nitrogens is 1. The molecule has 0 spiro atoms. The van der Waals surface area contributed by atoms with Crippen molar-refractivity contribution in [3.05, 3.63) is 36.0 Å². The molecule has 30 heavy (non-hydrogen) atoms. The molecule has 11 heteroatoms. The van der Waals surface area contributed by atoms with E-state index < -0.39 is 23.9 Å². The Kier molecular flexibility index (Phi) is 8.18. The first kappa shape index (κ1) is 22.7. The highest BCUT2D eigenvalue weighted by molar-refractivity contribution is 5.92. The van der Waals surface area contributed by atoms with Crippen molar-refractivity contribution < 1.29 is 14.4 Å². The summed E-state index contributed by atoms with van der Waals surface area (Å²) in [6.07, 6.45) is 2.78. The standard InChI is InChI=1S/C19H28N8O3/c1-11(28)25-16(9-12-10-24-14-6-3-2-5-13(12)14)17(29)26-15(18(30)27-22)7-4-8-23-19(20)21/h2-3,5-6,10,15-16,24H,4,7-9,22H2,1H3,(H,25,28)(H,26,29)(H,27,30)(H4,20,21,23). The average molecular weight is 416 g/mol.